The maximum atomic E-state index is 12.2. The number of piperidine rings is 1. The minimum absolute atomic E-state index is 0.0896. The maximum Gasteiger partial charge on any atom is 0.220 e. The number of likely N-dealkylation sites (tertiary alicyclic amines) is 1. The molecule has 1 aliphatic heterocycles. The molecule has 0 aromatic rings. The Bertz CT molecular complexity index is 353. The van der Waals surface area contributed by atoms with Crippen LogP contribution in [0.3, 0.4) is 0 Å². The fourth-order valence-electron chi connectivity index (χ4n) is 4.34. The van der Waals surface area contributed by atoms with Crippen LogP contribution in [0.5, 0.6) is 0 Å². The molecule has 2 aliphatic rings. The Morgan fingerprint density at radius 1 is 1.22 bits per heavy atom. The van der Waals surface area contributed by atoms with Gasteiger partial charge in [0.1, 0.15) is 0 Å². The van der Waals surface area contributed by atoms with E-state index in [9.17, 15) is 4.79 Å². The van der Waals surface area contributed by atoms with Crippen molar-refractivity contribution in [1.82, 2.24) is 10.2 Å². The van der Waals surface area contributed by atoms with Gasteiger partial charge in [0.2, 0.25) is 5.91 Å². The second kappa shape index (κ2) is 9.63. The van der Waals surface area contributed by atoms with E-state index in [0.29, 0.717) is 13.0 Å². The van der Waals surface area contributed by atoms with E-state index in [0.717, 1.165) is 31.7 Å². The lowest BCUT2D eigenvalue weighted by Gasteiger charge is -2.35. The summed E-state index contributed by atoms with van der Waals surface area (Å²) >= 11 is 0. The summed E-state index contributed by atoms with van der Waals surface area (Å²) in [5.74, 6) is 1.07. The molecule has 1 unspecified atom stereocenters. The van der Waals surface area contributed by atoms with Crippen molar-refractivity contribution >= 4 is 5.91 Å². The highest BCUT2D eigenvalue weighted by Gasteiger charge is 2.32. The van der Waals surface area contributed by atoms with E-state index in [1.807, 2.05) is 0 Å². The van der Waals surface area contributed by atoms with Crippen LogP contribution in [0.2, 0.25) is 0 Å². The summed E-state index contributed by atoms with van der Waals surface area (Å²) in [5.41, 5.74) is 6.06. The van der Waals surface area contributed by atoms with Gasteiger partial charge in [0.05, 0.1) is 0 Å². The molecule has 134 valence electrons. The quantitative estimate of drug-likeness (QED) is 0.675. The standard InChI is InChI=1S/C19H37N3O/c1-17-8-7-13-22(15-17)12-6-5-11-21-18(23)14-19(16-20)9-3-2-4-10-19/h17H,2-16,20H2,1H3,(H,21,23). The third-order valence-corrected chi connectivity index (χ3v) is 5.85. The average Bonchev–Trinajstić information content (AvgIpc) is 2.55. The zero-order chi connectivity index (χ0) is 16.5. The molecule has 0 bridgehead atoms. The van der Waals surface area contributed by atoms with Crippen LogP contribution < -0.4 is 11.1 Å². The minimum Gasteiger partial charge on any atom is -0.356 e. The molecule has 0 aromatic heterocycles. The Hall–Kier alpha value is -0.610. The summed E-state index contributed by atoms with van der Waals surface area (Å²) in [6.07, 6.45) is 11.7. The Labute approximate surface area is 142 Å². The number of hydrogen-bond acceptors (Lipinski definition) is 3. The van der Waals surface area contributed by atoms with E-state index in [2.05, 4.69) is 17.1 Å². The molecule has 4 nitrogen and oxygen atoms in total. The Balaban J connectivity index is 1.55. The van der Waals surface area contributed by atoms with Gasteiger partial charge in [-0.05, 0) is 69.5 Å². The SMILES string of the molecule is CC1CCCN(CCCCNC(=O)CC2(CN)CCCCC2)C1. The van der Waals surface area contributed by atoms with E-state index in [4.69, 9.17) is 5.73 Å². The monoisotopic (exact) mass is 323 g/mol. The minimum atomic E-state index is 0.0896. The molecule has 23 heavy (non-hydrogen) atoms. The predicted molar refractivity (Wildman–Crippen MR) is 96.3 cm³/mol. The van der Waals surface area contributed by atoms with Crippen molar-refractivity contribution in [2.24, 2.45) is 17.1 Å². The average molecular weight is 324 g/mol. The van der Waals surface area contributed by atoms with Crippen LogP contribution in [-0.4, -0.2) is 43.5 Å². The third-order valence-electron chi connectivity index (χ3n) is 5.85. The van der Waals surface area contributed by atoms with Crippen molar-refractivity contribution in [3.63, 3.8) is 0 Å². The van der Waals surface area contributed by atoms with E-state index in [1.54, 1.807) is 0 Å². The summed E-state index contributed by atoms with van der Waals surface area (Å²) < 4.78 is 0. The number of amides is 1. The Morgan fingerprint density at radius 3 is 2.70 bits per heavy atom. The highest BCUT2D eigenvalue weighted by atomic mass is 16.1. The molecule has 0 aromatic carbocycles. The smallest absolute Gasteiger partial charge is 0.220 e. The van der Waals surface area contributed by atoms with Gasteiger partial charge in [-0.15, -0.1) is 0 Å². The first-order valence-electron chi connectivity index (χ1n) is 9.83. The van der Waals surface area contributed by atoms with Crippen molar-refractivity contribution in [3.05, 3.63) is 0 Å². The van der Waals surface area contributed by atoms with Crippen molar-refractivity contribution in [3.8, 4) is 0 Å². The summed E-state index contributed by atoms with van der Waals surface area (Å²) in [6.45, 7) is 7.54. The first kappa shape index (κ1) is 18.7. The first-order chi connectivity index (χ1) is 11.1. The highest BCUT2D eigenvalue weighted by Crippen LogP contribution is 2.38. The molecule has 0 spiro atoms. The molecule has 2 rings (SSSR count). The van der Waals surface area contributed by atoms with Crippen LogP contribution in [-0.2, 0) is 4.79 Å². The number of carbonyl (C=O) groups is 1. The number of nitrogens with zero attached hydrogens (tertiary/aromatic N) is 1. The van der Waals surface area contributed by atoms with E-state index >= 15 is 0 Å². The van der Waals surface area contributed by atoms with Gasteiger partial charge in [0.15, 0.2) is 0 Å². The third kappa shape index (κ3) is 6.42. The molecule has 3 N–H and O–H groups in total. The lowest BCUT2D eigenvalue weighted by Crippen LogP contribution is -2.39. The molecule has 2 fully saturated rings. The predicted octanol–water partition coefficient (Wildman–Crippen LogP) is 2.91. The molecule has 1 amide bonds. The number of unbranched alkanes of at least 4 members (excludes halogenated alkanes) is 1. The molecule has 4 heteroatoms. The molecule has 1 aliphatic carbocycles. The topological polar surface area (TPSA) is 58.4 Å². The van der Waals surface area contributed by atoms with Gasteiger partial charge >= 0.3 is 0 Å². The Morgan fingerprint density at radius 2 is 2.00 bits per heavy atom. The zero-order valence-electron chi connectivity index (χ0n) is 15.1. The lowest BCUT2D eigenvalue weighted by molar-refractivity contribution is -0.123. The number of rotatable bonds is 8. The van der Waals surface area contributed by atoms with E-state index in [-0.39, 0.29) is 11.3 Å². The fraction of sp³-hybridized carbons (Fsp3) is 0.947. The number of nitrogens with one attached hydrogen (secondary N) is 1. The largest absolute Gasteiger partial charge is 0.356 e. The second-order valence-electron chi connectivity index (χ2n) is 8.05. The van der Waals surface area contributed by atoms with Gasteiger partial charge in [-0.25, -0.2) is 0 Å². The van der Waals surface area contributed by atoms with Gasteiger partial charge in [0, 0.05) is 19.5 Å². The Kier molecular flexibility index (Phi) is 7.84. The van der Waals surface area contributed by atoms with E-state index in [1.165, 1.54) is 58.2 Å². The van der Waals surface area contributed by atoms with Crippen molar-refractivity contribution in [1.29, 1.82) is 0 Å². The molecular formula is C19H37N3O. The molecular weight excluding hydrogens is 286 g/mol. The highest BCUT2D eigenvalue weighted by molar-refractivity contribution is 5.76. The zero-order valence-corrected chi connectivity index (χ0v) is 15.1. The van der Waals surface area contributed by atoms with Crippen molar-refractivity contribution < 1.29 is 4.79 Å². The van der Waals surface area contributed by atoms with Crippen molar-refractivity contribution in [2.75, 3.05) is 32.7 Å². The van der Waals surface area contributed by atoms with Crippen LogP contribution in [0, 0.1) is 11.3 Å². The lowest BCUT2D eigenvalue weighted by atomic mass is 9.71. The normalized spacial score (nSPS) is 25.2. The van der Waals surface area contributed by atoms with Crippen LogP contribution in [0.15, 0.2) is 0 Å². The van der Waals surface area contributed by atoms with Crippen LogP contribution in [0.1, 0.15) is 71.1 Å². The van der Waals surface area contributed by atoms with E-state index < -0.39 is 0 Å². The van der Waals surface area contributed by atoms with Crippen molar-refractivity contribution in [2.45, 2.75) is 71.1 Å². The number of hydrogen-bond donors (Lipinski definition) is 2. The van der Waals surface area contributed by atoms with Gasteiger partial charge < -0.3 is 16.0 Å². The summed E-state index contributed by atoms with van der Waals surface area (Å²) in [7, 11) is 0. The second-order valence-corrected chi connectivity index (χ2v) is 8.05. The number of carbonyl (C=O) groups excluding carboxylic acids is 1. The molecule has 1 atom stereocenters. The fourth-order valence-corrected chi connectivity index (χ4v) is 4.34. The maximum absolute atomic E-state index is 12.2. The van der Waals surface area contributed by atoms with Gasteiger partial charge in [-0.1, -0.05) is 26.2 Å². The first-order valence-corrected chi connectivity index (χ1v) is 9.83. The van der Waals surface area contributed by atoms with Gasteiger partial charge in [-0.3, -0.25) is 4.79 Å². The molecule has 1 saturated heterocycles. The number of nitrogens with two attached hydrogens (primary N) is 1. The molecule has 1 heterocycles. The van der Waals surface area contributed by atoms with Crippen LogP contribution >= 0.6 is 0 Å². The summed E-state index contributed by atoms with van der Waals surface area (Å²) in [5, 5.41) is 3.12. The van der Waals surface area contributed by atoms with Gasteiger partial charge in [0.25, 0.3) is 0 Å². The van der Waals surface area contributed by atoms with Gasteiger partial charge in [-0.2, -0.15) is 0 Å². The summed E-state index contributed by atoms with van der Waals surface area (Å²) in [4.78, 5) is 14.8. The summed E-state index contributed by atoms with van der Waals surface area (Å²) in [6, 6.07) is 0. The van der Waals surface area contributed by atoms with Crippen LogP contribution in [0.25, 0.3) is 0 Å². The molecule has 1 saturated carbocycles. The molecule has 0 radical (unpaired) electrons. The van der Waals surface area contributed by atoms with Crippen LogP contribution in [0.4, 0.5) is 0 Å².